The van der Waals surface area contributed by atoms with Gasteiger partial charge in [-0.05, 0) is 46.8 Å². The maximum absolute atomic E-state index is 12.6. The van der Waals surface area contributed by atoms with Crippen molar-refractivity contribution in [3.05, 3.63) is 66.4 Å². The molecule has 10 heteroatoms. The molecule has 2 amide bonds. The summed E-state index contributed by atoms with van der Waals surface area (Å²) in [5.74, 6) is -0.275. The van der Waals surface area contributed by atoms with Crippen LogP contribution in [0.1, 0.15) is 10.4 Å². The number of thioether (sulfide) groups is 1. The Morgan fingerprint density at radius 2 is 1.83 bits per heavy atom. The zero-order valence-electron chi connectivity index (χ0n) is 15.9. The number of amides is 2. The van der Waals surface area contributed by atoms with Gasteiger partial charge in [0.15, 0.2) is 0 Å². The number of nitrogens with one attached hydrogen (secondary N) is 2. The van der Waals surface area contributed by atoms with Crippen LogP contribution in [0.2, 0.25) is 0 Å². The second-order valence-corrected chi connectivity index (χ2v) is 7.28. The molecule has 9 nitrogen and oxygen atoms in total. The summed E-state index contributed by atoms with van der Waals surface area (Å²) in [5, 5.41) is 18.2. The quantitative estimate of drug-likeness (QED) is 0.462. The van der Waals surface area contributed by atoms with Gasteiger partial charge in [-0.25, -0.2) is 4.68 Å². The number of tetrazole rings is 1. The van der Waals surface area contributed by atoms with Crippen molar-refractivity contribution in [1.29, 1.82) is 0 Å². The molecule has 0 fully saturated rings. The minimum atomic E-state index is -0.253. The van der Waals surface area contributed by atoms with Gasteiger partial charge in [0.05, 0.1) is 17.0 Å². The number of aryl methyl sites for hydroxylation is 1. The van der Waals surface area contributed by atoms with Crippen molar-refractivity contribution in [1.82, 2.24) is 25.2 Å². The van der Waals surface area contributed by atoms with Crippen LogP contribution in [0.3, 0.4) is 0 Å². The highest BCUT2D eigenvalue weighted by molar-refractivity contribution is 7.99. The predicted molar refractivity (Wildman–Crippen MR) is 114 cm³/mol. The zero-order chi connectivity index (χ0) is 20.9. The van der Waals surface area contributed by atoms with E-state index in [-0.39, 0.29) is 17.6 Å². The van der Waals surface area contributed by atoms with E-state index in [1.807, 2.05) is 30.3 Å². The van der Waals surface area contributed by atoms with Crippen molar-refractivity contribution < 1.29 is 9.59 Å². The molecule has 0 saturated heterocycles. The molecule has 2 aromatic heterocycles. The third kappa shape index (κ3) is 4.44. The number of hydrogen-bond donors (Lipinski definition) is 2. The van der Waals surface area contributed by atoms with Crippen LogP contribution in [0.15, 0.2) is 66.0 Å². The van der Waals surface area contributed by atoms with E-state index in [4.69, 9.17) is 0 Å². The van der Waals surface area contributed by atoms with Crippen LogP contribution < -0.4 is 10.6 Å². The molecule has 0 radical (unpaired) electrons. The third-order valence-corrected chi connectivity index (χ3v) is 5.24. The number of pyridine rings is 1. The number of carbonyl (C=O) groups excluding carboxylic acids is 2. The average molecular weight is 419 g/mol. The fraction of sp³-hybridized carbons (Fsp3) is 0.100. The number of anilines is 2. The number of aromatic nitrogens is 5. The van der Waals surface area contributed by atoms with Crippen molar-refractivity contribution in [2.24, 2.45) is 7.05 Å². The summed E-state index contributed by atoms with van der Waals surface area (Å²) >= 11 is 1.24. The highest BCUT2D eigenvalue weighted by Crippen LogP contribution is 2.21. The van der Waals surface area contributed by atoms with E-state index < -0.39 is 0 Å². The Morgan fingerprint density at radius 1 is 1.03 bits per heavy atom. The first kappa shape index (κ1) is 19.5. The van der Waals surface area contributed by atoms with Crippen molar-refractivity contribution in [2.45, 2.75) is 5.16 Å². The fourth-order valence-corrected chi connectivity index (χ4v) is 3.43. The highest BCUT2D eigenvalue weighted by atomic mass is 32.2. The fourth-order valence-electron chi connectivity index (χ4n) is 2.78. The normalized spacial score (nSPS) is 10.7. The van der Waals surface area contributed by atoms with Crippen LogP contribution in [0.25, 0.3) is 10.9 Å². The van der Waals surface area contributed by atoms with Crippen LogP contribution in [-0.4, -0.2) is 42.8 Å². The SMILES string of the molecule is Cn1nnnc1SCC(=O)Nc1ccc(C(=O)Nc2cccc3cccnc23)cc1. The largest absolute Gasteiger partial charge is 0.325 e. The van der Waals surface area contributed by atoms with Crippen molar-refractivity contribution in [3.8, 4) is 0 Å². The number of fused-ring (bicyclic) bond motifs is 1. The summed E-state index contributed by atoms with van der Waals surface area (Å²) in [6.45, 7) is 0. The Balaban J connectivity index is 1.37. The van der Waals surface area contributed by atoms with E-state index >= 15 is 0 Å². The van der Waals surface area contributed by atoms with Crippen LogP contribution in [0, 0.1) is 0 Å². The first-order chi connectivity index (χ1) is 14.6. The average Bonchev–Trinajstić information content (AvgIpc) is 3.18. The number of benzene rings is 2. The molecular formula is C20H17N7O2S. The predicted octanol–water partition coefficient (Wildman–Crippen LogP) is 2.74. The Labute approximate surface area is 175 Å². The third-order valence-electron chi connectivity index (χ3n) is 4.23. The Kier molecular flexibility index (Phi) is 5.66. The first-order valence-corrected chi connectivity index (χ1v) is 9.99. The molecule has 30 heavy (non-hydrogen) atoms. The minimum Gasteiger partial charge on any atom is -0.325 e. The molecule has 0 aliphatic rings. The van der Waals surface area contributed by atoms with E-state index in [0.29, 0.717) is 22.1 Å². The standard InChI is InChI=1S/C20H17N7O2S/c1-27-20(24-25-26-27)30-12-17(28)22-15-9-7-14(8-10-15)19(29)23-16-6-2-4-13-5-3-11-21-18(13)16/h2-11H,12H2,1H3,(H,22,28)(H,23,29). The molecule has 0 atom stereocenters. The topological polar surface area (TPSA) is 115 Å². The lowest BCUT2D eigenvalue weighted by Gasteiger charge is -2.09. The number of hydrogen-bond acceptors (Lipinski definition) is 7. The van der Waals surface area contributed by atoms with Gasteiger partial charge in [-0.15, -0.1) is 5.10 Å². The number of rotatable bonds is 6. The van der Waals surface area contributed by atoms with E-state index in [1.165, 1.54) is 16.4 Å². The molecule has 0 unspecified atom stereocenters. The van der Waals surface area contributed by atoms with E-state index in [2.05, 4.69) is 31.1 Å². The molecular weight excluding hydrogens is 402 g/mol. The van der Waals surface area contributed by atoms with Gasteiger partial charge in [-0.3, -0.25) is 14.6 Å². The van der Waals surface area contributed by atoms with Gasteiger partial charge in [0.1, 0.15) is 0 Å². The van der Waals surface area contributed by atoms with E-state index in [0.717, 1.165) is 10.9 Å². The van der Waals surface area contributed by atoms with Gasteiger partial charge in [-0.1, -0.05) is 30.0 Å². The van der Waals surface area contributed by atoms with Gasteiger partial charge in [0.2, 0.25) is 11.1 Å². The van der Waals surface area contributed by atoms with Gasteiger partial charge in [0.25, 0.3) is 5.91 Å². The van der Waals surface area contributed by atoms with Crippen LogP contribution in [0.5, 0.6) is 0 Å². The second-order valence-electron chi connectivity index (χ2n) is 6.33. The van der Waals surface area contributed by atoms with Gasteiger partial charge in [0, 0.05) is 29.9 Å². The molecule has 2 N–H and O–H groups in total. The summed E-state index contributed by atoms with van der Waals surface area (Å²) in [4.78, 5) is 29.1. The molecule has 0 aliphatic carbocycles. The van der Waals surface area contributed by atoms with Crippen molar-refractivity contribution >= 4 is 45.9 Å². The summed E-state index contributed by atoms with van der Waals surface area (Å²) in [6.07, 6.45) is 1.69. The van der Waals surface area contributed by atoms with Gasteiger partial charge < -0.3 is 10.6 Å². The van der Waals surface area contributed by atoms with Gasteiger partial charge in [-0.2, -0.15) is 0 Å². The van der Waals surface area contributed by atoms with Crippen LogP contribution >= 0.6 is 11.8 Å². The molecule has 2 heterocycles. The lowest BCUT2D eigenvalue weighted by Crippen LogP contribution is -2.15. The minimum absolute atomic E-state index is 0.171. The lowest BCUT2D eigenvalue weighted by atomic mass is 10.1. The number of carbonyl (C=O) groups is 2. The molecule has 0 saturated carbocycles. The number of nitrogens with zero attached hydrogens (tertiary/aromatic N) is 5. The van der Waals surface area contributed by atoms with Crippen molar-refractivity contribution in [2.75, 3.05) is 16.4 Å². The molecule has 2 aromatic carbocycles. The lowest BCUT2D eigenvalue weighted by molar-refractivity contribution is -0.113. The zero-order valence-corrected chi connectivity index (χ0v) is 16.8. The Bertz CT molecular complexity index is 1200. The Morgan fingerprint density at radius 3 is 2.60 bits per heavy atom. The summed E-state index contributed by atoms with van der Waals surface area (Å²) < 4.78 is 1.50. The number of para-hydroxylation sites is 1. The first-order valence-electron chi connectivity index (χ1n) is 9.00. The van der Waals surface area contributed by atoms with E-state index in [9.17, 15) is 9.59 Å². The summed E-state index contributed by atoms with van der Waals surface area (Å²) in [6, 6.07) is 16.1. The Hall–Kier alpha value is -3.79. The molecule has 0 bridgehead atoms. The maximum atomic E-state index is 12.6. The molecule has 150 valence electrons. The smallest absolute Gasteiger partial charge is 0.255 e. The van der Waals surface area contributed by atoms with Crippen molar-refractivity contribution in [3.63, 3.8) is 0 Å². The summed E-state index contributed by atoms with van der Waals surface area (Å²) in [5.41, 5.74) is 2.44. The molecule has 0 aliphatic heterocycles. The highest BCUT2D eigenvalue weighted by Gasteiger charge is 2.11. The molecule has 4 aromatic rings. The van der Waals surface area contributed by atoms with Crippen LogP contribution in [0.4, 0.5) is 11.4 Å². The second kappa shape index (κ2) is 8.70. The summed E-state index contributed by atoms with van der Waals surface area (Å²) in [7, 11) is 1.71. The van der Waals surface area contributed by atoms with Crippen LogP contribution in [-0.2, 0) is 11.8 Å². The molecule has 0 spiro atoms. The molecule has 4 rings (SSSR count). The van der Waals surface area contributed by atoms with Gasteiger partial charge >= 0.3 is 0 Å². The maximum Gasteiger partial charge on any atom is 0.255 e. The van der Waals surface area contributed by atoms with E-state index in [1.54, 1.807) is 37.5 Å². The monoisotopic (exact) mass is 419 g/mol.